The summed E-state index contributed by atoms with van der Waals surface area (Å²) >= 11 is 0. The lowest BCUT2D eigenvalue weighted by atomic mass is 10.3. The molecule has 0 unspecified atom stereocenters. The highest BCUT2D eigenvalue weighted by Gasteiger charge is 2.12. The van der Waals surface area contributed by atoms with Crippen LogP contribution < -0.4 is 9.47 Å². The van der Waals surface area contributed by atoms with Crippen molar-refractivity contribution in [3.63, 3.8) is 0 Å². The van der Waals surface area contributed by atoms with E-state index in [2.05, 4.69) is 13.2 Å². The lowest BCUT2D eigenvalue weighted by Crippen LogP contribution is -2.35. The summed E-state index contributed by atoms with van der Waals surface area (Å²) in [5, 5.41) is 0. The molecule has 1 rings (SSSR count). The molecule has 0 aliphatic carbocycles. The average molecular weight is 279 g/mol. The minimum absolute atomic E-state index is 0.128. The van der Waals surface area contributed by atoms with Crippen LogP contribution in [-0.2, 0) is 4.79 Å². The second-order valence-electron chi connectivity index (χ2n) is 3.96. The van der Waals surface area contributed by atoms with Crippen molar-refractivity contribution in [1.82, 2.24) is 4.90 Å². The van der Waals surface area contributed by atoms with Gasteiger partial charge in [0.2, 0.25) is 0 Å². The molecule has 4 nitrogen and oxygen atoms in total. The highest BCUT2D eigenvalue weighted by molar-refractivity contribution is 5.78. The Labute approximate surface area is 118 Å². The Morgan fingerprint density at radius 1 is 1.35 bits per heavy atom. The van der Waals surface area contributed by atoms with Gasteiger partial charge in [-0.25, -0.2) is 4.39 Å². The predicted octanol–water partition coefficient (Wildman–Crippen LogP) is 2.41. The maximum atomic E-state index is 13.4. The number of halogens is 1. The number of ether oxygens (including phenoxy) is 2. The van der Waals surface area contributed by atoms with Crippen molar-refractivity contribution in [2.75, 3.05) is 26.8 Å². The SMILES string of the molecule is C=CCN(CC=C)C(=O)COc1ccc(OC)c(F)c1. The van der Waals surface area contributed by atoms with Crippen molar-refractivity contribution in [3.05, 3.63) is 49.3 Å². The molecule has 0 saturated carbocycles. The second kappa shape index (κ2) is 7.99. The van der Waals surface area contributed by atoms with Gasteiger partial charge in [0.15, 0.2) is 18.2 Å². The molecule has 1 aromatic rings. The summed E-state index contributed by atoms with van der Waals surface area (Å²) in [4.78, 5) is 13.4. The molecule has 1 aromatic carbocycles. The van der Waals surface area contributed by atoms with E-state index in [0.717, 1.165) is 0 Å². The fourth-order valence-corrected chi connectivity index (χ4v) is 1.56. The van der Waals surface area contributed by atoms with Gasteiger partial charge in [0.25, 0.3) is 5.91 Å². The van der Waals surface area contributed by atoms with E-state index in [1.807, 2.05) is 0 Å². The highest BCUT2D eigenvalue weighted by Crippen LogP contribution is 2.22. The second-order valence-corrected chi connectivity index (χ2v) is 3.96. The van der Waals surface area contributed by atoms with Crippen LogP contribution in [0.3, 0.4) is 0 Å². The minimum atomic E-state index is -0.536. The fraction of sp³-hybridized carbons (Fsp3) is 0.267. The molecule has 20 heavy (non-hydrogen) atoms. The largest absolute Gasteiger partial charge is 0.494 e. The molecule has 0 heterocycles. The lowest BCUT2D eigenvalue weighted by Gasteiger charge is -2.19. The van der Waals surface area contributed by atoms with E-state index in [0.29, 0.717) is 13.1 Å². The minimum Gasteiger partial charge on any atom is -0.494 e. The average Bonchev–Trinajstić information content (AvgIpc) is 2.44. The topological polar surface area (TPSA) is 38.8 Å². The smallest absolute Gasteiger partial charge is 0.261 e. The molecule has 0 saturated heterocycles. The summed E-state index contributed by atoms with van der Waals surface area (Å²) in [7, 11) is 1.38. The van der Waals surface area contributed by atoms with Crippen molar-refractivity contribution in [3.8, 4) is 11.5 Å². The van der Waals surface area contributed by atoms with Crippen molar-refractivity contribution in [2.24, 2.45) is 0 Å². The monoisotopic (exact) mass is 279 g/mol. The Hall–Kier alpha value is -2.30. The standard InChI is InChI=1S/C15H18FNO3/c1-4-8-17(9-5-2)15(18)11-20-12-6-7-14(19-3)13(16)10-12/h4-7,10H,1-2,8-9,11H2,3H3. The van der Waals surface area contributed by atoms with Gasteiger partial charge in [0, 0.05) is 19.2 Å². The van der Waals surface area contributed by atoms with Gasteiger partial charge in [0.05, 0.1) is 7.11 Å². The van der Waals surface area contributed by atoms with E-state index in [1.54, 1.807) is 18.2 Å². The molecule has 0 radical (unpaired) electrons. The van der Waals surface area contributed by atoms with Gasteiger partial charge in [-0.05, 0) is 12.1 Å². The van der Waals surface area contributed by atoms with Crippen molar-refractivity contribution < 1.29 is 18.7 Å². The number of carbonyl (C=O) groups excluding carboxylic acids is 1. The van der Waals surface area contributed by atoms with Crippen LogP contribution in [0.4, 0.5) is 4.39 Å². The molecule has 0 aromatic heterocycles. The number of hydrogen-bond acceptors (Lipinski definition) is 3. The Morgan fingerprint density at radius 2 is 2.00 bits per heavy atom. The molecule has 0 aliphatic heterocycles. The summed E-state index contributed by atoms with van der Waals surface area (Å²) in [6.45, 7) is 7.81. The Balaban J connectivity index is 2.61. The van der Waals surface area contributed by atoms with Crippen LogP contribution in [0.15, 0.2) is 43.5 Å². The number of amides is 1. The van der Waals surface area contributed by atoms with Gasteiger partial charge >= 0.3 is 0 Å². The molecule has 5 heteroatoms. The van der Waals surface area contributed by atoms with Gasteiger partial charge in [-0.2, -0.15) is 0 Å². The first-order valence-electron chi connectivity index (χ1n) is 6.08. The quantitative estimate of drug-likeness (QED) is 0.686. The van der Waals surface area contributed by atoms with Crippen molar-refractivity contribution in [2.45, 2.75) is 0 Å². The zero-order chi connectivity index (χ0) is 15.0. The molecule has 0 atom stereocenters. The fourth-order valence-electron chi connectivity index (χ4n) is 1.56. The van der Waals surface area contributed by atoms with E-state index in [9.17, 15) is 9.18 Å². The van der Waals surface area contributed by atoms with Crippen LogP contribution >= 0.6 is 0 Å². The lowest BCUT2D eigenvalue weighted by molar-refractivity contribution is -0.132. The summed E-state index contributed by atoms with van der Waals surface area (Å²) in [5.41, 5.74) is 0. The van der Waals surface area contributed by atoms with Crippen molar-refractivity contribution >= 4 is 5.91 Å². The number of hydrogen-bond donors (Lipinski definition) is 0. The molecule has 108 valence electrons. The molecular weight excluding hydrogens is 261 g/mol. The van der Waals surface area contributed by atoms with Crippen LogP contribution in [0.25, 0.3) is 0 Å². The molecular formula is C15H18FNO3. The highest BCUT2D eigenvalue weighted by atomic mass is 19.1. The van der Waals surface area contributed by atoms with Crippen LogP contribution in [0, 0.1) is 5.82 Å². The summed E-state index contributed by atoms with van der Waals surface area (Å²) in [5.74, 6) is -0.357. The number of methoxy groups -OCH3 is 1. The zero-order valence-corrected chi connectivity index (χ0v) is 11.5. The molecule has 0 fully saturated rings. The Bertz CT molecular complexity index is 478. The first-order valence-corrected chi connectivity index (χ1v) is 6.08. The third-order valence-electron chi connectivity index (χ3n) is 2.54. The first kappa shape index (κ1) is 15.8. The molecule has 1 amide bonds. The predicted molar refractivity (Wildman–Crippen MR) is 75.4 cm³/mol. The molecule has 0 aliphatic rings. The maximum absolute atomic E-state index is 13.4. The van der Waals surface area contributed by atoms with Gasteiger partial charge in [-0.3, -0.25) is 4.79 Å². The summed E-state index contributed by atoms with van der Waals surface area (Å²) < 4.78 is 23.5. The van der Waals surface area contributed by atoms with E-state index < -0.39 is 5.82 Å². The number of carbonyl (C=O) groups is 1. The van der Waals surface area contributed by atoms with E-state index >= 15 is 0 Å². The van der Waals surface area contributed by atoms with Crippen molar-refractivity contribution in [1.29, 1.82) is 0 Å². The van der Waals surface area contributed by atoms with E-state index in [-0.39, 0.29) is 24.0 Å². The van der Waals surface area contributed by atoms with Crippen LogP contribution in [-0.4, -0.2) is 37.6 Å². The third kappa shape index (κ3) is 4.42. The number of rotatable bonds is 8. The third-order valence-corrected chi connectivity index (χ3v) is 2.54. The van der Waals surface area contributed by atoms with Crippen LogP contribution in [0.5, 0.6) is 11.5 Å². The van der Waals surface area contributed by atoms with Gasteiger partial charge in [-0.1, -0.05) is 12.2 Å². The molecule has 0 N–H and O–H groups in total. The summed E-state index contributed by atoms with van der Waals surface area (Å²) in [6.07, 6.45) is 3.24. The maximum Gasteiger partial charge on any atom is 0.261 e. The Kier molecular flexibility index (Phi) is 6.29. The number of benzene rings is 1. The van der Waals surface area contributed by atoms with Gasteiger partial charge in [-0.15, -0.1) is 13.2 Å². The Morgan fingerprint density at radius 3 is 2.50 bits per heavy atom. The van der Waals surface area contributed by atoms with Gasteiger partial charge in [0.1, 0.15) is 5.75 Å². The number of nitrogens with zero attached hydrogens (tertiary/aromatic N) is 1. The van der Waals surface area contributed by atoms with Crippen LogP contribution in [0.1, 0.15) is 0 Å². The van der Waals surface area contributed by atoms with E-state index in [1.165, 1.54) is 24.1 Å². The zero-order valence-electron chi connectivity index (χ0n) is 11.5. The van der Waals surface area contributed by atoms with Gasteiger partial charge < -0.3 is 14.4 Å². The normalized spacial score (nSPS) is 9.70. The molecule has 0 spiro atoms. The molecule has 0 bridgehead atoms. The van der Waals surface area contributed by atoms with E-state index in [4.69, 9.17) is 9.47 Å². The first-order chi connectivity index (χ1) is 9.62. The summed E-state index contributed by atoms with van der Waals surface area (Å²) in [6, 6.07) is 4.17. The van der Waals surface area contributed by atoms with Crippen LogP contribution in [0.2, 0.25) is 0 Å².